The number of carbonyl (C=O) groups is 1. The van der Waals surface area contributed by atoms with E-state index in [1.165, 1.54) is 12.4 Å². The van der Waals surface area contributed by atoms with Crippen LogP contribution in [0.15, 0.2) is 24.8 Å². The summed E-state index contributed by atoms with van der Waals surface area (Å²) in [6, 6.07) is 0. The summed E-state index contributed by atoms with van der Waals surface area (Å²) in [6.45, 7) is 0. The Labute approximate surface area is 105 Å². The molecular weight excluding hydrogens is 256 g/mol. The molecule has 0 aromatic carbocycles. The van der Waals surface area contributed by atoms with Crippen molar-refractivity contribution >= 4 is 11.8 Å². The molecule has 0 bridgehead atoms. The van der Waals surface area contributed by atoms with Crippen LogP contribution in [0.4, 0.5) is 5.82 Å². The SMILES string of the molecule is Nc1c[nH]nn1.O=C(O)c1c[nH]nn1.c1c[nH]nn1. The molecule has 0 radical (unpaired) electrons. The predicted molar refractivity (Wildman–Crippen MR) is 60.5 cm³/mol. The molecule has 3 rings (SSSR count). The second-order valence-corrected chi connectivity index (χ2v) is 2.72. The van der Waals surface area contributed by atoms with Crippen LogP contribution in [0.25, 0.3) is 0 Å². The minimum absolute atomic E-state index is 0.0648. The van der Waals surface area contributed by atoms with E-state index in [-0.39, 0.29) is 5.69 Å². The first-order chi connectivity index (χ1) is 9.20. The highest BCUT2D eigenvalue weighted by Gasteiger charge is 2.02. The Kier molecular flexibility index (Phi) is 5.71. The van der Waals surface area contributed by atoms with Crippen molar-refractivity contribution in [1.29, 1.82) is 0 Å². The van der Waals surface area contributed by atoms with Crippen molar-refractivity contribution in [2.24, 2.45) is 0 Å². The summed E-state index contributed by atoms with van der Waals surface area (Å²) in [6.07, 6.45) is 5.96. The van der Waals surface area contributed by atoms with Crippen molar-refractivity contribution in [3.8, 4) is 0 Å². The maximum absolute atomic E-state index is 9.94. The molecule has 0 unspecified atom stereocenters. The highest BCUT2D eigenvalue weighted by Crippen LogP contribution is 1.84. The third-order valence-electron chi connectivity index (χ3n) is 1.40. The number of aromatic nitrogens is 9. The van der Waals surface area contributed by atoms with Crippen LogP contribution in [0.1, 0.15) is 10.5 Å². The second-order valence-electron chi connectivity index (χ2n) is 2.72. The molecule has 0 aliphatic carbocycles. The van der Waals surface area contributed by atoms with Crippen LogP contribution in [-0.2, 0) is 0 Å². The fourth-order valence-corrected chi connectivity index (χ4v) is 0.683. The van der Waals surface area contributed by atoms with E-state index in [9.17, 15) is 4.79 Å². The minimum Gasteiger partial charge on any atom is -0.476 e. The van der Waals surface area contributed by atoms with Crippen molar-refractivity contribution in [3.05, 3.63) is 30.5 Å². The molecule has 0 saturated carbocycles. The summed E-state index contributed by atoms with van der Waals surface area (Å²) < 4.78 is 0. The minimum atomic E-state index is -1.07. The van der Waals surface area contributed by atoms with Gasteiger partial charge in [-0.05, 0) is 0 Å². The number of hydrogen-bond donors (Lipinski definition) is 5. The maximum atomic E-state index is 9.94. The van der Waals surface area contributed by atoms with E-state index in [1.807, 2.05) is 0 Å². The standard InChI is InChI=1S/C3H3N3O2.C2H4N4.C2H3N3/c7-3(8)2-1-4-6-5-2;3-2-1-4-6-5-2;1-2-4-5-3-1/h1H,(H,7,8)(H,4,5,6);1H,(H3,3,4,5,6);1-2H,(H,3,4,5). The third kappa shape index (κ3) is 6.10. The van der Waals surface area contributed by atoms with Crippen molar-refractivity contribution in [2.45, 2.75) is 0 Å². The zero-order valence-corrected chi connectivity index (χ0v) is 9.43. The number of nitrogen functional groups attached to an aromatic ring is 1. The number of carboxylic acids is 1. The molecule has 0 aliphatic heterocycles. The zero-order chi connectivity index (χ0) is 13.9. The monoisotopic (exact) mass is 266 g/mol. The molecule has 0 aliphatic rings. The van der Waals surface area contributed by atoms with E-state index in [0.717, 1.165) is 0 Å². The first-order valence-corrected chi connectivity index (χ1v) is 4.72. The molecule has 12 nitrogen and oxygen atoms in total. The van der Waals surface area contributed by atoms with Gasteiger partial charge in [0.1, 0.15) is 0 Å². The average Bonchev–Trinajstić information content (AvgIpc) is 3.16. The van der Waals surface area contributed by atoms with Gasteiger partial charge in [0.2, 0.25) is 0 Å². The number of nitrogens with two attached hydrogens (primary N) is 1. The Bertz CT molecular complexity index is 513. The molecule has 0 amide bonds. The molecule has 3 aromatic heterocycles. The van der Waals surface area contributed by atoms with E-state index < -0.39 is 5.97 Å². The largest absolute Gasteiger partial charge is 0.476 e. The Morgan fingerprint density at radius 3 is 2.05 bits per heavy atom. The number of aromatic carboxylic acids is 1. The third-order valence-corrected chi connectivity index (χ3v) is 1.40. The van der Waals surface area contributed by atoms with Crippen molar-refractivity contribution in [3.63, 3.8) is 0 Å². The van der Waals surface area contributed by atoms with Crippen LogP contribution in [-0.4, -0.2) is 57.3 Å². The zero-order valence-electron chi connectivity index (χ0n) is 9.43. The van der Waals surface area contributed by atoms with Crippen LogP contribution in [0, 0.1) is 0 Å². The van der Waals surface area contributed by atoms with Crippen LogP contribution in [0.2, 0.25) is 0 Å². The molecular formula is C7H10N10O2. The van der Waals surface area contributed by atoms with E-state index >= 15 is 0 Å². The van der Waals surface area contributed by atoms with E-state index in [4.69, 9.17) is 10.8 Å². The fraction of sp³-hybridized carbons (Fsp3) is 0. The van der Waals surface area contributed by atoms with Gasteiger partial charge in [-0.3, -0.25) is 15.3 Å². The Balaban J connectivity index is 0.000000147. The predicted octanol–water partition coefficient (Wildman–Crippen LogP) is -1.31. The highest BCUT2D eigenvalue weighted by molar-refractivity contribution is 5.84. The molecule has 0 saturated heterocycles. The van der Waals surface area contributed by atoms with Crippen molar-refractivity contribution in [1.82, 2.24) is 46.2 Å². The van der Waals surface area contributed by atoms with E-state index in [2.05, 4.69) is 46.2 Å². The van der Waals surface area contributed by atoms with Crippen LogP contribution >= 0.6 is 0 Å². The fourth-order valence-electron chi connectivity index (χ4n) is 0.683. The van der Waals surface area contributed by atoms with Crippen molar-refractivity contribution < 1.29 is 9.90 Å². The molecule has 6 N–H and O–H groups in total. The first-order valence-electron chi connectivity index (χ1n) is 4.72. The number of aromatic amines is 3. The molecule has 19 heavy (non-hydrogen) atoms. The normalized spacial score (nSPS) is 8.63. The maximum Gasteiger partial charge on any atom is 0.358 e. The smallest absolute Gasteiger partial charge is 0.358 e. The lowest BCUT2D eigenvalue weighted by molar-refractivity contribution is 0.0690. The molecule has 12 heteroatoms. The number of rotatable bonds is 1. The van der Waals surface area contributed by atoms with E-state index in [1.54, 1.807) is 12.4 Å². The molecule has 0 atom stereocenters. The molecule has 3 aromatic rings. The first kappa shape index (κ1) is 13.8. The van der Waals surface area contributed by atoms with Gasteiger partial charge in [0.25, 0.3) is 0 Å². The number of nitrogens with zero attached hydrogens (tertiary/aromatic N) is 6. The number of carboxylic acid groups (broad SMARTS) is 1. The van der Waals surface area contributed by atoms with Crippen LogP contribution in [0.5, 0.6) is 0 Å². The summed E-state index contributed by atoms with van der Waals surface area (Å²) in [4.78, 5) is 9.94. The topological polar surface area (TPSA) is 188 Å². The summed E-state index contributed by atoms with van der Waals surface area (Å²) in [5.74, 6) is -0.645. The number of anilines is 1. The quantitative estimate of drug-likeness (QED) is 0.356. The summed E-state index contributed by atoms with van der Waals surface area (Å²) in [7, 11) is 0. The number of H-pyrrole nitrogens is 3. The van der Waals surface area contributed by atoms with Gasteiger partial charge in [-0.15, -0.1) is 15.3 Å². The van der Waals surface area contributed by atoms with Gasteiger partial charge in [0.15, 0.2) is 11.5 Å². The van der Waals surface area contributed by atoms with Gasteiger partial charge in [0, 0.05) is 6.20 Å². The van der Waals surface area contributed by atoms with Gasteiger partial charge in [0.05, 0.1) is 18.6 Å². The van der Waals surface area contributed by atoms with Gasteiger partial charge in [-0.25, -0.2) is 4.79 Å². The van der Waals surface area contributed by atoms with Gasteiger partial charge >= 0.3 is 5.97 Å². The molecule has 0 fully saturated rings. The van der Waals surface area contributed by atoms with Gasteiger partial charge in [-0.1, -0.05) is 15.6 Å². The van der Waals surface area contributed by atoms with Crippen LogP contribution in [0.3, 0.4) is 0 Å². The van der Waals surface area contributed by atoms with Crippen LogP contribution < -0.4 is 5.73 Å². The van der Waals surface area contributed by atoms with Gasteiger partial charge in [-0.2, -0.15) is 0 Å². The highest BCUT2D eigenvalue weighted by atomic mass is 16.4. The number of hydrogen-bond acceptors (Lipinski definition) is 8. The summed E-state index contributed by atoms with van der Waals surface area (Å²) >= 11 is 0. The second kappa shape index (κ2) is 7.88. The number of nitrogens with one attached hydrogen (secondary N) is 3. The molecule has 3 heterocycles. The molecule has 0 spiro atoms. The summed E-state index contributed by atoms with van der Waals surface area (Å²) in [5.41, 5.74) is 5.01. The lowest BCUT2D eigenvalue weighted by Crippen LogP contribution is -1.95. The summed E-state index contributed by atoms with van der Waals surface area (Å²) in [5, 5.41) is 35.2. The molecule has 100 valence electrons. The van der Waals surface area contributed by atoms with E-state index in [0.29, 0.717) is 5.82 Å². The average molecular weight is 266 g/mol. The van der Waals surface area contributed by atoms with Gasteiger partial charge < -0.3 is 10.8 Å². The lowest BCUT2D eigenvalue weighted by Gasteiger charge is -1.75. The lowest BCUT2D eigenvalue weighted by atomic mass is 10.5. The van der Waals surface area contributed by atoms with Crippen molar-refractivity contribution in [2.75, 3.05) is 5.73 Å². The Hall–Kier alpha value is -3.31. The Morgan fingerprint density at radius 2 is 1.84 bits per heavy atom. The Morgan fingerprint density at radius 1 is 1.11 bits per heavy atom.